The van der Waals surface area contributed by atoms with Gasteiger partial charge in [0.15, 0.2) is 0 Å². The first-order valence-corrected chi connectivity index (χ1v) is 8.72. The van der Waals surface area contributed by atoms with Gasteiger partial charge in [-0.3, -0.25) is 4.79 Å². The second kappa shape index (κ2) is 7.56. The molecule has 1 heterocycles. The van der Waals surface area contributed by atoms with Crippen molar-refractivity contribution in [3.63, 3.8) is 0 Å². The lowest BCUT2D eigenvalue weighted by molar-refractivity contribution is 0.0922. The first kappa shape index (κ1) is 15.3. The second-order valence-electron chi connectivity index (χ2n) is 6.55. The van der Waals surface area contributed by atoms with Gasteiger partial charge in [0.2, 0.25) is 5.95 Å². The van der Waals surface area contributed by atoms with Crippen LogP contribution < -0.4 is 10.6 Å². The van der Waals surface area contributed by atoms with Crippen molar-refractivity contribution in [2.45, 2.75) is 76.3 Å². The molecule has 1 aromatic rings. The number of nitrogens with zero attached hydrogens (tertiary/aromatic N) is 2. The van der Waals surface area contributed by atoms with Gasteiger partial charge in [-0.25, -0.2) is 9.97 Å². The fraction of sp³-hybridized carbons (Fsp3) is 0.706. The SMILES string of the molecule is O=C(NC1CCCCC1)c1ccnc(NC2CCCCC2)n1. The number of carbonyl (C=O) groups is 1. The zero-order valence-electron chi connectivity index (χ0n) is 13.2. The van der Waals surface area contributed by atoms with E-state index in [-0.39, 0.29) is 5.91 Å². The van der Waals surface area contributed by atoms with Crippen molar-refractivity contribution in [2.75, 3.05) is 5.32 Å². The Morgan fingerprint density at radius 2 is 1.59 bits per heavy atom. The molecule has 1 amide bonds. The van der Waals surface area contributed by atoms with E-state index < -0.39 is 0 Å². The Bertz CT molecular complexity index is 493. The molecule has 2 aliphatic rings. The van der Waals surface area contributed by atoms with Gasteiger partial charge in [-0.1, -0.05) is 38.5 Å². The van der Waals surface area contributed by atoms with Crippen LogP contribution in [0.15, 0.2) is 12.3 Å². The summed E-state index contributed by atoms with van der Waals surface area (Å²) in [7, 11) is 0. The number of hydrogen-bond donors (Lipinski definition) is 2. The molecule has 5 heteroatoms. The lowest BCUT2D eigenvalue weighted by atomic mass is 9.95. The van der Waals surface area contributed by atoms with Crippen LogP contribution in [0, 0.1) is 0 Å². The molecule has 0 saturated heterocycles. The molecule has 1 aromatic heterocycles. The molecule has 120 valence electrons. The average molecular weight is 302 g/mol. The minimum absolute atomic E-state index is 0.0685. The Hall–Kier alpha value is -1.65. The van der Waals surface area contributed by atoms with Gasteiger partial charge in [0.05, 0.1) is 0 Å². The molecule has 2 aliphatic carbocycles. The maximum absolute atomic E-state index is 12.3. The molecule has 3 rings (SSSR count). The van der Waals surface area contributed by atoms with Gasteiger partial charge < -0.3 is 10.6 Å². The summed E-state index contributed by atoms with van der Waals surface area (Å²) in [4.78, 5) is 21.0. The summed E-state index contributed by atoms with van der Waals surface area (Å²) in [5, 5.41) is 6.49. The second-order valence-corrected chi connectivity index (χ2v) is 6.55. The summed E-state index contributed by atoms with van der Waals surface area (Å²) in [6.45, 7) is 0. The molecule has 0 spiro atoms. The summed E-state index contributed by atoms with van der Waals surface area (Å²) >= 11 is 0. The Morgan fingerprint density at radius 1 is 0.955 bits per heavy atom. The number of hydrogen-bond acceptors (Lipinski definition) is 4. The van der Waals surface area contributed by atoms with E-state index in [1.54, 1.807) is 12.3 Å². The van der Waals surface area contributed by atoms with Crippen LogP contribution >= 0.6 is 0 Å². The zero-order chi connectivity index (χ0) is 15.2. The van der Waals surface area contributed by atoms with Gasteiger partial charge in [0.25, 0.3) is 5.91 Å². The molecule has 2 saturated carbocycles. The van der Waals surface area contributed by atoms with Crippen molar-refractivity contribution in [3.8, 4) is 0 Å². The highest BCUT2D eigenvalue weighted by atomic mass is 16.1. The Morgan fingerprint density at radius 3 is 2.27 bits per heavy atom. The highest BCUT2D eigenvalue weighted by Gasteiger charge is 2.19. The molecular weight excluding hydrogens is 276 g/mol. The largest absolute Gasteiger partial charge is 0.351 e. The smallest absolute Gasteiger partial charge is 0.270 e. The van der Waals surface area contributed by atoms with Crippen LogP contribution in [0.4, 0.5) is 5.95 Å². The van der Waals surface area contributed by atoms with Gasteiger partial charge in [-0.15, -0.1) is 0 Å². The normalized spacial score (nSPS) is 20.5. The molecule has 2 N–H and O–H groups in total. The maximum Gasteiger partial charge on any atom is 0.270 e. The van der Waals surface area contributed by atoms with E-state index in [0.29, 0.717) is 23.7 Å². The standard InChI is InChI=1S/C17H26N4O/c22-16(19-13-7-3-1-4-8-13)15-11-12-18-17(21-15)20-14-9-5-2-6-10-14/h11-14H,1-10H2,(H,19,22)(H,18,20,21). The average Bonchev–Trinajstić information content (AvgIpc) is 2.57. The zero-order valence-corrected chi connectivity index (χ0v) is 13.2. The van der Waals surface area contributed by atoms with Crippen molar-refractivity contribution in [3.05, 3.63) is 18.0 Å². The predicted molar refractivity (Wildman–Crippen MR) is 86.9 cm³/mol. The van der Waals surface area contributed by atoms with E-state index in [0.717, 1.165) is 12.8 Å². The predicted octanol–water partition coefficient (Wildman–Crippen LogP) is 3.28. The third-order valence-electron chi connectivity index (χ3n) is 4.77. The summed E-state index contributed by atoms with van der Waals surface area (Å²) in [5.74, 6) is 0.518. The Kier molecular flexibility index (Phi) is 5.24. The van der Waals surface area contributed by atoms with Crippen molar-refractivity contribution in [2.24, 2.45) is 0 Å². The fourth-order valence-corrected chi connectivity index (χ4v) is 3.49. The van der Waals surface area contributed by atoms with Crippen molar-refractivity contribution >= 4 is 11.9 Å². The van der Waals surface area contributed by atoms with E-state index in [1.165, 1.54) is 51.4 Å². The molecular formula is C17H26N4O. The lowest BCUT2D eigenvalue weighted by Crippen LogP contribution is -2.36. The number of nitrogens with one attached hydrogen (secondary N) is 2. The van der Waals surface area contributed by atoms with Crippen molar-refractivity contribution in [1.82, 2.24) is 15.3 Å². The van der Waals surface area contributed by atoms with Crippen molar-refractivity contribution < 1.29 is 4.79 Å². The molecule has 0 unspecified atom stereocenters. The van der Waals surface area contributed by atoms with E-state index in [1.807, 2.05) is 0 Å². The van der Waals surface area contributed by atoms with Gasteiger partial charge >= 0.3 is 0 Å². The molecule has 22 heavy (non-hydrogen) atoms. The quantitative estimate of drug-likeness (QED) is 0.895. The van der Waals surface area contributed by atoms with Crippen LogP contribution in [0.3, 0.4) is 0 Å². The number of carbonyl (C=O) groups excluding carboxylic acids is 1. The fourth-order valence-electron chi connectivity index (χ4n) is 3.49. The Balaban J connectivity index is 1.58. The number of aromatic nitrogens is 2. The monoisotopic (exact) mass is 302 g/mol. The minimum atomic E-state index is -0.0685. The molecule has 0 aliphatic heterocycles. The summed E-state index contributed by atoms with van der Waals surface area (Å²) in [6, 6.07) is 2.46. The van der Waals surface area contributed by atoms with Crippen LogP contribution in [0.5, 0.6) is 0 Å². The number of anilines is 1. The summed E-state index contributed by atoms with van der Waals surface area (Å²) in [5.41, 5.74) is 0.471. The molecule has 0 atom stereocenters. The minimum Gasteiger partial charge on any atom is -0.351 e. The third-order valence-corrected chi connectivity index (χ3v) is 4.77. The highest BCUT2D eigenvalue weighted by molar-refractivity contribution is 5.92. The number of rotatable bonds is 4. The van der Waals surface area contributed by atoms with Crippen LogP contribution in [0.2, 0.25) is 0 Å². The number of amides is 1. The molecule has 2 fully saturated rings. The van der Waals surface area contributed by atoms with E-state index in [9.17, 15) is 4.79 Å². The van der Waals surface area contributed by atoms with Crippen LogP contribution in [0.25, 0.3) is 0 Å². The van der Waals surface area contributed by atoms with E-state index in [4.69, 9.17) is 0 Å². The van der Waals surface area contributed by atoms with Gasteiger partial charge in [-0.2, -0.15) is 0 Å². The molecule has 5 nitrogen and oxygen atoms in total. The Labute approximate surface area is 132 Å². The van der Waals surface area contributed by atoms with Gasteiger partial charge in [0.1, 0.15) is 5.69 Å². The van der Waals surface area contributed by atoms with Crippen molar-refractivity contribution in [1.29, 1.82) is 0 Å². The van der Waals surface area contributed by atoms with Crippen LogP contribution in [0.1, 0.15) is 74.7 Å². The first-order chi connectivity index (χ1) is 10.8. The van der Waals surface area contributed by atoms with E-state index in [2.05, 4.69) is 20.6 Å². The summed E-state index contributed by atoms with van der Waals surface area (Å²) < 4.78 is 0. The molecule has 0 bridgehead atoms. The maximum atomic E-state index is 12.3. The van der Waals surface area contributed by atoms with Gasteiger partial charge in [-0.05, 0) is 31.7 Å². The summed E-state index contributed by atoms with van der Waals surface area (Å²) in [6.07, 6.45) is 13.7. The van der Waals surface area contributed by atoms with Gasteiger partial charge in [0, 0.05) is 18.3 Å². The topological polar surface area (TPSA) is 66.9 Å². The first-order valence-electron chi connectivity index (χ1n) is 8.72. The molecule has 0 aromatic carbocycles. The third kappa shape index (κ3) is 4.18. The van der Waals surface area contributed by atoms with Crippen LogP contribution in [-0.2, 0) is 0 Å². The van der Waals surface area contributed by atoms with Crippen LogP contribution in [-0.4, -0.2) is 28.0 Å². The molecule has 0 radical (unpaired) electrons. The van der Waals surface area contributed by atoms with E-state index >= 15 is 0 Å². The highest BCUT2D eigenvalue weighted by Crippen LogP contribution is 2.20. The lowest BCUT2D eigenvalue weighted by Gasteiger charge is -2.23.